The van der Waals surface area contributed by atoms with Gasteiger partial charge in [-0.3, -0.25) is 4.79 Å². The summed E-state index contributed by atoms with van der Waals surface area (Å²) in [6.07, 6.45) is 4.31. The molecule has 2 N–H and O–H groups in total. The Labute approximate surface area is 117 Å². The molecule has 1 fully saturated rings. The maximum atomic E-state index is 11.6. The van der Waals surface area contributed by atoms with Gasteiger partial charge in [0, 0.05) is 12.2 Å². The number of aromatic nitrogens is 2. The van der Waals surface area contributed by atoms with E-state index in [2.05, 4.69) is 15.3 Å². The molecule has 0 aromatic carbocycles. The number of anilines is 1. The molecule has 0 aliphatic heterocycles. The Morgan fingerprint density at radius 1 is 1.45 bits per heavy atom. The van der Waals surface area contributed by atoms with Gasteiger partial charge in [0.2, 0.25) is 5.95 Å². The molecule has 20 heavy (non-hydrogen) atoms. The van der Waals surface area contributed by atoms with Crippen molar-refractivity contribution in [2.24, 2.45) is 5.41 Å². The van der Waals surface area contributed by atoms with E-state index in [0.29, 0.717) is 31.0 Å². The van der Waals surface area contributed by atoms with Crippen LogP contribution in [0.3, 0.4) is 0 Å². The van der Waals surface area contributed by atoms with Gasteiger partial charge in [0.15, 0.2) is 0 Å². The maximum Gasteiger partial charge on any atom is 0.311 e. The predicted molar refractivity (Wildman–Crippen MR) is 73.1 cm³/mol. The summed E-state index contributed by atoms with van der Waals surface area (Å²) in [5.41, 5.74) is 0.234. The predicted octanol–water partition coefficient (Wildman–Crippen LogP) is 2.10. The lowest BCUT2D eigenvalue weighted by Gasteiger charge is -2.33. The van der Waals surface area contributed by atoms with Crippen LogP contribution in [-0.2, 0) is 4.79 Å². The van der Waals surface area contributed by atoms with Crippen LogP contribution in [0.2, 0.25) is 0 Å². The summed E-state index contributed by atoms with van der Waals surface area (Å²) in [5.74, 6) is -0.439. The van der Waals surface area contributed by atoms with Gasteiger partial charge in [-0.1, -0.05) is 19.3 Å². The number of nitriles is 1. The van der Waals surface area contributed by atoms with Gasteiger partial charge in [-0.05, 0) is 25.8 Å². The lowest BCUT2D eigenvalue weighted by Crippen LogP contribution is -2.40. The quantitative estimate of drug-likeness (QED) is 0.872. The van der Waals surface area contributed by atoms with E-state index in [1.54, 1.807) is 13.0 Å². The minimum Gasteiger partial charge on any atom is -0.481 e. The van der Waals surface area contributed by atoms with Crippen molar-refractivity contribution in [1.29, 1.82) is 5.26 Å². The Balaban J connectivity index is 2.12. The van der Waals surface area contributed by atoms with Crippen molar-refractivity contribution >= 4 is 11.9 Å². The van der Waals surface area contributed by atoms with Crippen molar-refractivity contribution in [3.05, 3.63) is 17.5 Å². The lowest BCUT2D eigenvalue weighted by molar-refractivity contribution is -0.150. The van der Waals surface area contributed by atoms with Crippen LogP contribution in [0.1, 0.15) is 43.5 Å². The third-order valence-corrected chi connectivity index (χ3v) is 3.82. The minimum atomic E-state index is -0.766. The molecule has 0 radical (unpaired) electrons. The van der Waals surface area contributed by atoms with Crippen LogP contribution in [0.25, 0.3) is 0 Å². The molecule has 6 heteroatoms. The first-order valence-electron chi connectivity index (χ1n) is 6.79. The molecule has 1 saturated carbocycles. The van der Waals surface area contributed by atoms with Crippen molar-refractivity contribution in [3.8, 4) is 6.07 Å². The van der Waals surface area contributed by atoms with Gasteiger partial charge in [0.25, 0.3) is 0 Å². The molecule has 6 nitrogen and oxygen atoms in total. The van der Waals surface area contributed by atoms with Crippen LogP contribution >= 0.6 is 0 Å². The van der Waals surface area contributed by atoms with Gasteiger partial charge in [0.1, 0.15) is 11.8 Å². The monoisotopic (exact) mass is 274 g/mol. The van der Waals surface area contributed by atoms with E-state index in [1.807, 2.05) is 6.07 Å². The first-order chi connectivity index (χ1) is 9.55. The molecule has 106 valence electrons. The number of carboxylic acid groups (broad SMARTS) is 1. The summed E-state index contributed by atoms with van der Waals surface area (Å²) in [5, 5.41) is 21.4. The van der Waals surface area contributed by atoms with Gasteiger partial charge < -0.3 is 10.4 Å². The molecule has 0 spiro atoms. The summed E-state index contributed by atoms with van der Waals surface area (Å²) >= 11 is 0. The normalized spacial score (nSPS) is 17.2. The average molecular weight is 274 g/mol. The van der Waals surface area contributed by atoms with Crippen molar-refractivity contribution in [2.75, 3.05) is 11.9 Å². The second-order valence-corrected chi connectivity index (χ2v) is 5.33. The zero-order valence-corrected chi connectivity index (χ0v) is 11.5. The summed E-state index contributed by atoms with van der Waals surface area (Å²) in [7, 11) is 0. The number of aliphatic carboxylic acids is 1. The van der Waals surface area contributed by atoms with E-state index in [4.69, 9.17) is 5.26 Å². The highest BCUT2D eigenvalue weighted by atomic mass is 16.4. The average Bonchev–Trinajstić information content (AvgIpc) is 2.45. The Morgan fingerprint density at radius 3 is 2.75 bits per heavy atom. The fraction of sp³-hybridized carbons (Fsp3) is 0.571. The van der Waals surface area contributed by atoms with Crippen molar-refractivity contribution in [3.63, 3.8) is 0 Å². The van der Waals surface area contributed by atoms with E-state index < -0.39 is 11.4 Å². The number of carboxylic acids is 1. The zero-order chi connectivity index (χ0) is 14.6. The molecule has 1 aliphatic carbocycles. The summed E-state index contributed by atoms with van der Waals surface area (Å²) in [6, 6.07) is 3.57. The van der Waals surface area contributed by atoms with Crippen molar-refractivity contribution < 1.29 is 9.90 Å². The van der Waals surface area contributed by atoms with Crippen LogP contribution in [0.4, 0.5) is 5.95 Å². The number of carbonyl (C=O) groups is 1. The van der Waals surface area contributed by atoms with E-state index in [9.17, 15) is 9.90 Å². The second kappa shape index (κ2) is 5.87. The molecule has 0 atom stereocenters. The summed E-state index contributed by atoms with van der Waals surface area (Å²) in [6.45, 7) is 2.08. The Hall–Kier alpha value is -2.16. The number of aryl methyl sites for hydroxylation is 1. The van der Waals surface area contributed by atoms with E-state index in [0.717, 1.165) is 19.3 Å². The molecule has 0 unspecified atom stereocenters. The molecule has 2 rings (SSSR count). The highest BCUT2D eigenvalue weighted by molar-refractivity contribution is 5.75. The van der Waals surface area contributed by atoms with E-state index in [-0.39, 0.29) is 5.69 Å². The topological polar surface area (TPSA) is 98.9 Å². The lowest BCUT2D eigenvalue weighted by atomic mass is 9.74. The van der Waals surface area contributed by atoms with Gasteiger partial charge >= 0.3 is 5.97 Å². The smallest absolute Gasteiger partial charge is 0.311 e. The zero-order valence-electron chi connectivity index (χ0n) is 11.5. The van der Waals surface area contributed by atoms with E-state index >= 15 is 0 Å². The Morgan fingerprint density at radius 2 is 2.15 bits per heavy atom. The standard InChI is InChI=1S/C14H18N4O2/c1-10-7-11(8-15)18-13(17-10)16-9-14(12(19)20)5-3-2-4-6-14/h7H,2-6,9H2,1H3,(H,19,20)(H,16,17,18). The molecule has 1 aliphatic rings. The molecule has 1 heterocycles. The number of nitrogens with zero attached hydrogens (tertiary/aromatic N) is 3. The van der Waals surface area contributed by atoms with Gasteiger partial charge in [0.05, 0.1) is 5.41 Å². The summed E-state index contributed by atoms with van der Waals surface area (Å²) in [4.78, 5) is 19.8. The van der Waals surface area contributed by atoms with Crippen LogP contribution in [-0.4, -0.2) is 27.6 Å². The fourth-order valence-corrected chi connectivity index (χ4v) is 2.65. The molecule has 1 aromatic heterocycles. The van der Waals surface area contributed by atoms with Crippen LogP contribution in [0.5, 0.6) is 0 Å². The summed E-state index contributed by atoms with van der Waals surface area (Å²) < 4.78 is 0. The maximum absolute atomic E-state index is 11.6. The van der Waals surface area contributed by atoms with Gasteiger partial charge in [-0.15, -0.1) is 0 Å². The highest BCUT2D eigenvalue weighted by Gasteiger charge is 2.39. The number of nitrogens with one attached hydrogen (secondary N) is 1. The third-order valence-electron chi connectivity index (χ3n) is 3.82. The SMILES string of the molecule is Cc1cc(C#N)nc(NCC2(C(=O)O)CCCCC2)n1. The first kappa shape index (κ1) is 14.3. The molecular formula is C14H18N4O2. The Bertz CT molecular complexity index is 545. The number of hydrogen-bond donors (Lipinski definition) is 2. The molecule has 0 saturated heterocycles. The van der Waals surface area contributed by atoms with E-state index in [1.165, 1.54) is 0 Å². The largest absolute Gasteiger partial charge is 0.481 e. The molecular weight excluding hydrogens is 256 g/mol. The number of rotatable bonds is 4. The second-order valence-electron chi connectivity index (χ2n) is 5.33. The number of hydrogen-bond acceptors (Lipinski definition) is 5. The van der Waals surface area contributed by atoms with Crippen molar-refractivity contribution in [1.82, 2.24) is 9.97 Å². The molecule has 0 bridgehead atoms. The van der Waals surface area contributed by atoms with Gasteiger partial charge in [-0.25, -0.2) is 9.97 Å². The minimum absolute atomic E-state index is 0.285. The van der Waals surface area contributed by atoms with Crippen LogP contribution < -0.4 is 5.32 Å². The molecule has 1 aromatic rings. The third kappa shape index (κ3) is 3.05. The van der Waals surface area contributed by atoms with Crippen LogP contribution in [0.15, 0.2) is 6.07 Å². The fourth-order valence-electron chi connectivity index (χ4n) is 2.65. The van der Waals surface area contributed by atoms with Crippen molar-refractivity contribution in [2.45, 2.75) is 39.0 Å². The van der Waals surface area contributed by atoms with Gasteiger partial charge in [-0.2, -0.15) is 5.26 Å². The molecule has 0 amide bonds. The Kier molecular flexibility index (Phi) is 4.18. The first-order valence-corrected chi connectivity index (χ1v) is 6.79. The van der Waals surface area contributed by atoms with Crippen LogP contribution in [0, 0.1) is 23.7 Å². The highest BCUT2D eigenvalue weighted by Crippen LogP contribution is 2.36.